The number of amides is 5. The number of rotatable bonds is 23. The van der Waals surface area contributed by atoms with Gasteiger partial charge in [0.2, 0.25) is 29.5 Å². The number of nitrogens with two attached hydrogens (primary N) is 1. The number of aliphatic carboxylic acids is 2. The molecule has 0 aliphatic heterocycles. The lowest BCUT2D eigenvalue weighted by Gasteiger charge is -2.27. The van der Waals surface area contributed by atoms with Gasteiger partial charge in [-0.05, 0) is 54.7 Å². The topological polar surface area (TPSA) is 287 Å². The van der Waals surface area contributed by atoms with E-state index in [2.05, 4.69) is 26.6 Å². The molecule has 0 aliphatic carbocycles. The first-order valence-electron chi connectivity index (χ1n) is 17.4. The molecular weight excluding hydrogens is 680 g/mol. The van der Waals surface area contributed by atoms with Crippen LogP contribution < -0.4 is 32.3 Å². The number of carbonyl (C=O) groups excluding carboxylic acids is 5. The number of phenols is 1. The minimum absolute atomic E-state index is 0.0789. The van der Waals surface area contributed by atoms with E-state index in [1.807, 2.05) is 27.7 Å². The molecule has 5 amide bonds. The first-order chi connectivity index (χ1) is 24.3. The Morgan fingerprint density at radius 1 is 0.673 bits per heavy atom. The van der Waals surface area contributed by atoms with Gasteiger partial charge < -0.3 is 52.7 Å². The molecule has 17 nitrogen and oxygen atoms in total. The molecule has 0 heterocycles. The quantitative estimate of drug-likeness (QED) is 0.0697. The Balaban J connectivity index is 3.38. The van der Waals surface area contributed by atoms with Crippen LogP contribution in [0.15, 0.2) is 24.3 Å². The van der Waals surface area contributed by atoms with Gasteiger partial charge in [0.05, 0.1) is 12.6 Å². The SMILES string of the molecule is CC[C@H](C)[C@H](NC(=O)[C@H](CO)NC(=O)[C@H](Cc1ccc(O)cc1)NC(=O)[C@H](CCC(=O)O)NC(=O)[C@H](CC(C)C)NC(=O)[C@@H](N)CC(C)C)C(=O)O. The van der Waals surface area contributed by atoms with Crippen LogP contribution in [0.25, 0.3) is 0 Å². The summed E-state index contributed by atoms with van der Waals surface area (Å²) in [6.07, 6.45) is -0.251. The van der Waals surface area contributed by atoms with E-state index in [1.54, 1.807) is 13.8 Å². The Hall–Kier alpha value is -4.77. The molecule has 292 valence electrons. The third-order valence-electron chi connectivity index (χ3n) is 8.28. The van der Waals surface area contributed by atoms with E-state index < -0.39 is 103 Å². The average Bonchev–Trinajstić information content (AvgIpc) is 3.06. The fourth-order valence-corrected chi connectivity index (χ4v) is 5.16. The lowest BCUT2D eigenvalue weighted by atomic mass is 9.99. The monoisotopic (exact) mass is 736 g/mol. The van der Waals surface area contributed by atoms with Crippen LogP contribution in [-0.4, -0.2) is 105 Å². The zero-order valence-electron chi connectivity index (χ0n) is 30.7. The molecule has 1 aromatic carbocycles. The molecule has 7 atom stereocenters. The number of carboxylic acids is 2. The van der Waals surface area contributed by atoms with Crippen molar-refractivity contribution in [1.29, 1.82) is 0 Å². The number of hydrogen-bond acceptors (Lipinski definition) is 10. The van der Waals surface area contributed by atoms with E-state index in [1.165, 1.54) is 24.3 Å². The lowest BCUT2D eigenvalue weighted by Crippen LogP contribution is -2.60. The van der Waals surface area contributed by atoms with Gasteiger partial charge in [-0.3, -0.25) is 28.8 Å². The molecule has 11 N–H and O–H groups in total. The van der Waals surface area contributed by atoms with Crippen LogP contribution >= 0.6 is 0 Å². The molecule has 0 unspecified atom stereocenters. The summed E-state index contributed by atoms with van der Waals surface area (Å²) in [6.45, 7) is 9.80. The zero-order valence-corrected chi connectivity index (χ0v) is 30.7. The summed E-state index contributed by atoms with van der Waals surface area (Å²) in [7, 11) is 0. The molecule has 1 rings (SSSR count). The summed E-state index contributed by atoms with van der Waals surface area (Å²) in [5.74, 6) is -7.43. The molecule has 0 bridgehead atoms. The van der Waals surface area contributed by atoms with Crippen LogP contribution in [0.3, 0.4) is 0 Å². The van der Waals surface area contributed by atoms with E-state index in [0.717, 1.165) is 0 Å². The van der Waals surface area contributed by atoms with Crippen LogP contribution in [-0.2, 0) is 40.0 Å². The highest BCUT2D eigenvalue weighted by molar-refractivity contribution is 5.96. The normalized spacial score (nSPS) is 15.3. The zero-order chi connectivity index (χ0) is 39.7. The molecule has 1 aromatic rings. The van der Waals surface area contributed by atoms with Crippen molar-refractivity contribution < 1.29 is 54.0 Å². The molecule has 0 saturated heterocycles. The number of benzene rings is 1. The van der Waals surface area contributed by atoms with Crippen LogP contribution in [0.1, 0.15) is 79.2 Å². The number of aromatic hydroxyl groups is 1. The molecule has 0 spiro atoms. The van der Waals surface area contributed by atoms with Crippen LogP contribution in [0.2, 0.25) is 0 Å². The van der Waals surface area contributed by atoms with Gasteiger partial charge in [-0.1, -0.05) is 60.1 Å². The lowest BCUT2D eigenvalue weighted by molar-refractivity contribution is -0.144. The van der Waals surface area contributed by atoms with Crippen molar-refractivity contribution in [3.63, 3.8) is 0 Å². The van der Waals surface area contributed by atoms with E-state index in [9.17, 15) is 54.0 Å². The van der Waals surface area contributed by atoms with Crippen LogP contribution in [0.5, 0.6) is 5.75 Å². The second-order valence-corrected chi connectivity index (χ2v) is 13.8. The van der Waals surface area contributed by atoms with E-state index in [-0.39, 0.29) is 30.4 Å². The molecule has 52 heavy (non-hydrogen) atoms. The largest absolute Gasteiger partial charge is 0.508 e. The van der Waals surface area contributed by atoms with Crippen molar-refractivity contribution in [2.75, 3.05) is 6.61 Å². The maximum atomic E-state index is 13.7. The highest BCUT2D eigenvalue weighted by atomic mass is 16.4. The van der Waals surface area contributed by atoms with Gasteiger partial charge in [0, 0.05) is 12.8 Å². The van der Waals surface area contributed by atoms with Gasteiger partial charge in [-0.25, -0.2) is 4.79 Å². The van der Waals surface area contributed by atoms with Gasteiger partial charge in [0.15, 0.2) is 0 Å². The van der Waals surface area contributed by atoms with Gasteiger partial charge in [0.25, 0.3) is 0 Å². The Labute approximate surface area is 303 Å². The molecule has 0 aliphatic rings. The van der Waals surface area contributed by atoms with E-state index in [4.69, 9.17) is 5.73 Å². The Kier molecular flexibility index (Phi) is 19.3. The molecule has 0 saturated carbocycles. The predicted octanol–water partition coefficient (Wildman–Crippen LogP) is -0.234. The van der Waals surface area contributed by atoms with Crippen LogP contribution in [0, 0.1) is 17.8 Å². The van der Waals surface area contributed by atoms with Gasteiger partial charge >= 0.3 is 11.9 Å². The Morgan fingerprint density at radius 2 is 1.15 bits per heavy atom. The van der Waals surface area contributed by atoms with Crippen molar-refractivity contribution in [2.45, 2.75) is 116 Å². The minimum atomic E-state index is -1.62. The average molecular weight is 737 g/mol. The third-order valence-corrected chi connectivity index (χ3v) is 8.28. The number of hydrogen-bond donors (Lipinski definition) is 10. The Morgan fingerprint density at radius 3 is 1.65 bits per heavy atom. The fraction of sp³-hybridized carbons (Fsp3) is 0.629. The number of carbonyl (C=O) groups is 7. The molecule has 0 aromatic heterocycles. The summed E-state index contributed by atoms with van der Waals surface area (Å²) in [5, 5.41) is 50.9. The number of carboxylic acid groups (broad SMARTS) is 2. The maximum absolute atomic E-state index is 13.7. The van der Waals surface area contributed by atoms with Gasteiger partial charge in [-0.2, -0.15) is 0 Å². The standard InChI is InChI=1S/C35H56N6O11/c1-7-20(6)29(35(51)52)41-34(50)27(17-42)40-33(49)26(16-21-8-10-22(43)11-9-21)39-31(47)24(12-13-28(44)45)37-32(48)25(15-19(4)5)38-30(46)23(36)14-18(2)3/h8-11,18-20,23-27,29,42-43H,7,12-17,36H2,1-6H3,(H,37,48)(H,38,46)(H,39,47)(H,40,49)(H,41,50)(H,44,45)(H,51,52)/t20-,23-,24-,25-,26-,27-,29-/m0/s1. The maximum Gasteiger partial charge on any atom is 0.326 e. The summed E-state index contributed by atoms with van der Waals surface area (Å²) in [6, 6.07) is -2.34. The summed E-state index contributed by atoms with van der Waals surface area (Å²) in [4.78, 5) is 89.9. The number of phenolic OH excluding ortho intramolecular Hbond substituents is 1. The molecule has 17 heteroatoms. The van der Waals surface area contributed by atoms with Crippen molar-refractivity contribution in [1.82, 2.24) is 26.6 Å². The predicted molar refractivity (Wildman–Crippen MR) is 189 cm³/mol. The number of aliphatic hydroxyl groups excluding tert-OH is 1. The van der Waals surface area contributed by atoms with Crippen molar-refractivity contribution in [2.24, 2.45) is 23.5 Å². The third kappa shape index (κ3) is 16.1. The molecule has 0 radical (unpaired) electrons. The van der Waals surface area contributed by atoms with Crippen molar-refractivity contribution in [3.05, 3.63) is 29.8 Å². The highest BCUT2D eigenvalue weighted by Crippen LogP contribution is 2.14. The Bertz CT molecular complexity index is 1370. The van der Waals surface area contributed by atoms with Crippen molar-refractivity contribution >= 4 is 41.5 Å². The molecule has 0 fully saturated rings. The van der Waals surface area contributed by atoms with Gasteiger partial charge in [0.1, 0.15) is 36.0 Å². The number of aliphatic hydroxyl groups is 1. The summed E-state index contributed by atoms with van der Waals surface area (Å²) in [5.41, 5.74) is 6.45. The summed E-state index contributed by atoms with van der Waals surface area (Å²) < 4.78 is 0. The summed E-state index contributed by atoms with van der Waals surface area (Å²) >= 11 is 0. The van der Waals surface area contributed by atoms with Gasteiger partial charge in [-0.15, -0.1) is 0 Å². The van der Waals surface area contributed by atoms with Crippen molar-refractivity contribution in [3.8, 4) is 5.75 Å². The smallest absolute Gasteiger partial charge is 0.326 e. The second kappa shape index (κ2) is 22.2. The minimum Gasteiger partial charge on any atom is -0.508 e. The van der Waals surface area contributed by atoms with Crippen LogP contribution in [0.4, 0.5) is 0 Å². The van der Waals surface area contributed by atoms with E-state index in [0.29, 0.717) is 18.4 Å². The first-order valence-corrected chi connectivity index (χ1v) is 17.4. The first kappa shape index (κ1) is 45.3. The fourth-order valence-electron chi connectivity index (χ4n) is 5.16. The number of nitrogens with one attached hydrogen (secondary N) is 5. The second-order valence-electron chi connectivity index (χ2n) is 13.8. The van der Waals surface area contributed by atoms with E-state index >= 15 is 0 Å². The molecular formula is C35H56N6O11. The highest BCUT2D eigenvalue weighted by Gasteiger charge is 2.34.